The number of rotatable bonds is 3. The summed E-state index contributed by atoms with van der Waals surface area (Å²) in [6.07, 6.45) is 7.67. The first-order valence-corrected chi connectivity index (χ1v) is 10.8. The molecule has 1 aromatic heterocycles. The fourth-order valence-corrected chi connectivity index (χ4v) is 5.09. The highest BCUT2D eigenvalue weighted by Gasteiger charge is 2.57. The predicted octanol–water partition coefficient (Wildman–Crippen LogP) is 4.50. The van der Waals surface area contributed by atoms with Crippen LogP contribution in [0.1, 0.15) is 44.3 Å². The van der Waals surface area contributed by atoms with Gasteiger partial charge in [0.1, 0.15) is 5.82 Å². The molecule has 30 heavy (non-hydrogen) atoms. The normalized spacial score (nSPS) is 21.6. The lowest BCUT2D eigenvalue weighted by molar-refractivity contribution is -0.118. The number of anilines is 1. The highest BCUT2D eigenvalue weighted by atomic mass is 35.5. The first kappa shape index (κ1) is 23.3. The van der Waals surface area contributed by atoms with Crippen LogP contribution in [0.5, 0.6) is 0 Å². The molecule has 2 aliphatic heterocycles. The van der Waals surface area contributed by atoms with Gasteiger partial charge in [-0.25, -0.2) is 0 Å². The summed E-state index contributed by atoms with van der Waals surface area (Å²) >= 11 is 6.50. The van der Waals surface area contributed by atoms with Crippen molar-refractivity contribution < 1.29 is 4.79 Å². The smallest absolute Gasteiger partial charge is 0.228 e. The zero-order chi connectivity index (χ0) is 19.1. The maximum atomic E-state index is 12.8. The van der Waals surface area contributed by atoms with Crippen LogP contribution >= 0.6 is 36.4 Å². The molecule has 0 bridgehead atoms. The van der Waals surface area contributed by atoms with Crippen LogP contribution in [0, 0.1) is 11.3 Å². The molecule has 1 atom stereocenters. The van der Waals surface area contributed by atoms with E-state index in [0.29, 0.717) is 5.02 Å². The van der Waals surface area contributed by atoms with Gasteiger partial charge in [-0.2, -0.15) is 0 Å². The van der Waals surface area contributed by atoms with Gasteiger partial charge in [-0.1, -0.05) is 18.0 Å². The zero-order valence-corrected chi connectivity index (χ0v) is 19.2. The third-order valence-corrected chi connectivity index (χ3v) is 7.02. The SMILES string of the molecule is Cl.Cl.O=C(Nc1ccc(Cl)c(-c2nnc3n2CCCCC3)c1)C1CC12CCNCC2. The van der Waals surface area contributed by atoms with Crippen molar-refractivity contribution in [3.05, 3.63) is 29.0 Å². The second-order valence-corrected chi connectivity index (χ2v) is 8.86. The summed E-state index contributed by atoms with van der Waals surface area (Å²) in [6.45, 7) is 2.96. The van der Waals surface area contributed by atoms with E-state index in [1.165, 1.54) is 6.42 Å². The van der Waals surface area contributed by atoms with Gasteiger partial charge in [0.25, 0.3) is 0 Å². The molecule has 164 valence electrons. The van der Waals surface area contributed by atoms with E-state index in [-0.39, 0.29) is 42.1 Å². The van der Waals surface area contributed by atoms with E-state index >= 15 is 0 Å². The van der Waals surface area contributed by atoms with E-state index in [1.54, 1.807) is 0 Å². The van der Waals surface area contributed by atoms with Crippen molar-refractivity contribution in [3.8, 4) is 11.4 Å². The van der Waals surface area contributed by atoms with E-state index in [9.17, 15) is 4.79 Å². The third-order valence-electron chi connectivity index (χ3n) is 6.69. The Labute approximate surface area is 194 Å². The van der Waals surface area contributed by atoms with Gasteiger partial charge in [-0.15, -0.1) is 35.0 Å². The number of nitrogens with one attached hydrogen (secondary N) is 2. The molecule has 2 aromatic rings. The number of halogens is 3. The second-order valence-electron chi connectivity index (χ2n) is 8.46. The maximum Gasteiger partial charge on any atom is 0.228 e. The number of piperidine rings is 1. The number of carbonyl (C=O) groups excluding carboxylic acids is 1. The highest BCUT2D eigenvalue weighted by Crippen LogP contribution is 2.58. The molecule has 0 radical (unpaired) electrons. The van der Waals surface area contributed by atoms with Gasteiger partial charge >= 0.3 is 0 Å². The van der Waals surface area contributed by atoms with Crippen molar-refractivity contribution in [1.29, 1.82) is 0 Å². The van der Waals surface area contributed by atoms with E-state index in [2.05, 4.69) is 25.4 Å². The van der Waals surface area contributed by atoms with Crippen molar-refractivity contribution in [1.82, 2.24) is 20.1 Å². The molecule has 1 spiro atoms. The van der Waals surface area contributed by atoms with Gasteiger partial charge in [0.2, 0.25) is 5.91 Å². The summed E-state index contributed by atoms with van der Waals surface area (Å²) in [5, 5.41) is 15.9. The standard InChI is InChI=1S/C21H26ClN5O.2ClH/c22-17-6-5-14(24-20(28)16-13-21(16)7-9-23-10-8-21)12-15(17)19-26-25-18-4-2-1-3-11-27(18)19;;/h5-6,12,16,23H,1-4,7-11,13H2,(H,24,28);2*1H. The predicted molar refractivity (Wildman–Crippen MR) is 124 cm³/mol. The van der Waals surface area contributed by atoms with Crippen LogP contribution in [0.3, 0.4) is 0 Å². The van der Waals surface area contributed by atoms with Crippen LogP contribution in [0.25, 0.3) is 11.4 Å². The monoisotopic (exact) mass is 471 g/mol. The van der Waals surface area contributed by atoms with Crippen LogP contribution < -0.4 is 10.6 Å². The van der Waals surface area contributed by atoms with Crippen molar-refractivity contribution in [2.24, 2.45) is 11.3 Å². The van der Waals surface area contributed by atoms with Gasteiger partial charge in [-0.3, -0.25) is 4.79 Å². The molecule has 3 aliphatic rings. The van der Waals surface area contributed by atoms with Gasteiger partial charge in [-0.05, 0) is 68.8 Å². The lowest BCUT2D eigenvalue weighted by Crippen LogP contribution is -2.31. The zero-order valence-electron chi connectivity index (χ0n) is 16.8. The Balaban J connectivity index is 0.00000128. The Morgan fingerprint density at radius 1 is 1.17 bits per heavy atom. The summed E-state index contributed by atoms with van der Waals surface area (Å²) in [4.78, 5) is 12.8. The largest absolute Gasteiger partial charge is 0.326 e. The molecular formula is C21H28Cl3N5O. The van der Waals surface area contributed by atoms with Gasteiger partial charge in [0.15, 0.2) is 5.82 Å². The number of benzene rings is 1. The number of amides is 1. The minimum absolute atomic E-state index is 0. The van der Waals surface area contributed by atoms with E-state index in [1.807, 2.05) is 18.2 Å². The Hall–Kier alpha value is -1.34. The van der Waals surface area contributed by atoms with Crippen LogP contribution in [0.15, 0.2) is 18.2 Å². The van der Waals surface area contributed by atoms with Crippen LogP contribution in [-0.4, -0.2) is 33.8 Å². The fourth-order valence-electron chi connectivity index (χ4n) is 4.88. The molecule has 1 amide bonds. The number of aromatic nitrogens is 3. The minimum Gasteiger partial charge on any atom is -0.326 e. The summed E-state index contributed by atoms with van der Waals surface area (Å²) in [7, 11) is 0. The first-order chi connectivity index (χ1) is 13.7. The van der Waals surface area contributed by atoms with Crippen molar-refractivity contribution >= 4 is 48.0 Å². The van der Waals surface area contributed by atoms with Crippen molar-refractivity contribution in [2.75, 3.05) is 18.4 Å². The number of hydrogen-bond acceptors (Lipinski definition) is 4. The molecular weight excluding hydrogens is 445 g/mol. The van der Waals surface area contributed by atoms with Crippen LogP contribution in [0.2, 0.25) is 5.02 Å². The van der Waals surface area contributed by atoms with E-state index in [0.717, 1.165) is 81.1 Å². The summed E-state index contributed by atoms with van der Waals surface area (Å²) in [5.74, 6) is 2.11. The summed E-state index contributed by atoms with van der Waals surface area (Å²) in [6, 6.07) is 5.67. The fraction of sp³-hybridized carbons (Fsp3) is 0.571. The molecule has 5 rings (SSSR count). The molecule has 3 heterocycles. The quantitative estimate of drug-likeness (QED) is 0.690. The van der Waals surface area contributed by atoms with E-state index in [4.69, 9.17) is 11.6 Å². The lowest BCUT2D eigenvalue weighted by atomic mass is 9.92. The molecule has 6 nitrogen and oxygen atoms in total. The lowest BCUT2D eigenvalue weighted by Gasteiger charge is -2.23. The topological polar surface area (TPSA) is 71.8 Å². The molecule has 1 aromatic carbocycles. The van der Waals surface area contributed by atoms with Gasteiger partial charge < -0.3 is 15.2 Å². The van der Waals surface area contributed by atoms with E-state index < -0.39 is 0 Å². The maximum absolute atomic E-state index is 12.8. The first-order valence-electron chi connectivity index (χ1n) is 10.4. The van der Waals surface area contributed by atoms with Crippen molar-refractivity contribution in [2.45, 2.75) is 51.5 Å². The third kappa shape index (κ3) is 4.33. The van der Waals surface area contributed by atoms with Crippen molar-refractivity contribution in [3.63, 3.8) is 0 Å². The average Bonchev–Trinajstić information content (AvgIpc) is 3.33. The molecule has 2 N–H and O–H groups in total. The summed E-state index contributed by atoms with van der Waals surface area (Å²) in [5.41, 5.74) is 1.86. The Kier molecular flexibility index (Phi) is 7.33. The minimum atomic E-state index is 0. The number of fused-ring (bicyclic) bond motifs is 1. The number of carbonyl (C=O) groups is 1. The summed E-state index contributed by atoms with van der Waals surface area (Å²) < 4.78 is 2.19. The molecule has 1 saturated heterocycles. The van der Waals surface area contributed by atoms with Gasteiger partial charge in [0, 0.05) is 30.1 Å². The molecule has 2 fully saturated rings. The Morgan fingerprint density at radius 3 is 2.77 bits per heavy atom. The highest BCUT2D eigenvalue weighted by molar-refractivity contribution is 6.33. The molecule has 1 saturated carbocycles. The molecule has 1 aliphatic carbocycles. The number of hydrogen-bond donors (Lipinski definition) is 2. The molecule has 9 heteroatoms. The van der Waals surface area contributed by atoms with Gasteiger partial charge in [0.05, 0.1) is 5.02 Å². The van der Waals surface area contributed by atoms with Crippen LogP contribution in [0.4, 0.5) is 5.69 Å². The average molecular weight is 473 g/mol. The second kappa shape index (κ2) is 9.43. The molecule has 1 unspecified atom stereocenters. The Bertz CT molecular complexity index is 910. The Morgan fingerprint density at radius 2 is 1.97 bits per heavy atom. The number of nitrogens with zero attached hydrogens (tertiary/aromatic N) is 3. The van der Waals surface area contributed by atoms with Crippen LogP contribution in [-0.2, 0) is 17.8 Å². The number of aryl methyl sites for hydroxylation is 1.